The Morgan fingerprint density at radius 2 is 1.70 bits per heavy atom. The summed E-state index contributed by atoms with van der Waals surface area (Å²) in [5, 5.41) is 0. The van der Waals surface area contributed by atoms with Crippen LogP contribution in [0.1, 0.15) is 44.0 Å². The van der Waals surface area contributed by atoms with Crippen LogP contribution in [0.2, 0.25) is 0 Å². The van der Waals surface area contributed by atoms with Gasteiger partial charge in [0.15, 0.2) is 0 Å². The highest BCUT2D eigenvalue weighted by Gasteiger charge is 2.70. The molecule has 7 nitrogen and oxygen atoms in total. The molecule has 0 spiro atoms. The molecule has 3 unspecified atom stereocenters. The molecule has 0 aliphatic carbocycles. The third kappa shape index (κ3) is 4.22. The van der Waals surface area contributed by atoms with Gasteiger partial charge in [-0.05, 0) is 64.2 Å². The van der Waals surface area contributed by atoms with Crippen LogP contribution in [0.15, 0.2) is 54.6 Å². The lowest BCUT2D eigenvalue weighted by atomic mass is 9.70. The van der Waals surface area contributed by atoms with Crippen LogP contribution in [0.25, 0.3) is 0 Å². The van der Waals surface area contributed by atoms with Gasteiger partial charge in [-0.1, -0.05) is 18.2 Å². The van der Waals surface area contributed by atoms with Crippen molar-refractivity contribution in [2.75, 3.05) is 51.8 Å². The van der Waals surface area contributed by atoms with Crippen molar-refractivity contribution in [3.8, 4) is 5.75 Å². The van der Waals surface area contributed by atoms with E-state index in [0.29, 0.717) is 29.4 Å². The summed E-state index contributed by atoms with van der Waals surface area (Å²) in [6, 6.07) is 18.4. The molecule has 37 heavy (non-hydrogen) atoms. The van der Waals surface area contributed by atoms with Crippen LogP contribution >= 0.6 is 0 Å². The van der Waals surface area contributed by atoms with Gasteiger partial charge in [-0.25, -0.2) is 0 Å². The van der Waals surface area contributed by atoms with Crippen molar-refractivity contribution in [2.24, 2.45) is 0 Å². The summed E-state index contributed by atoms with van der Waals surface area (Å²) < 4.78 is 6.43. The first-order valence-corrected chi connectivity index (χ1v) is 13.6. The molecule has 2 bridgehead atoms. The van der Waals surface area contributed by atoms with Crippen molar-refractivity contribution in [2.45, 2.75) is 57.3 Å². The van der Waals surface area contributed by atoms with E-state index in [-0.39, 0.29) is 23.9 Å². The molecule has 0 aromatic heterocycles. The first-order chi connectivity index (χ1) is 17.7. The third-order valence-electron chi connectivity index (χ3n) is 9.65. The van der Waals surface area contributed by atoms with Gasteiger partial charge in [-0.2, -0.15) is 0 Å². The molecule has 4 saturated heterocycles. The number of para-hydroxylation sites is 1. The molecule has 4 aliphatic heterocycles. The Bertz CT molecular complexity index is 1130. The molecule has 198 valence electrons. The number of carbonyl (C=O) groups is 2. The van der Waals surface area contributed by atoms with Gasteiger partial charge in [0.2, 0.25) is 5.91 Å². The normalized spacial score (nSPS) is 27.3. The molecular weight excluding hydrogens is 464 g/mol. The standard InChI is InChI=1S/C30H41N4O3/c1-22-19-31(4)27-21-34(22,30(27,2)3)25-15-17-32(18-16-25)28(35)20-33(24-9-7-6-8-10-24)29(36)23-11-13-26(37-5)14-12-23/h6-14,22,25,27H,15-21H2,1-5H3/q+1. The van der Waals surface area contributed by atoms with Crippen molar-refractivity contribution < 1.29 is 18.8 Å². The molecule has 0 N–H and O–H groups in total. The van der Waals surface area contributed by atoms with Gasteiger partial charge in [0.1, 0.15) is 30.4 Å². The minimum Gasteiger partial charge on any atom is -0.497 e. The first-order valence-electron chi connectivity index (χ1n) is 13.6. The van der Waals surface area contributed by atoms with E-state index in [9.17, 15) is 9.59 Å². The summed E-state index contributed by atoms with van der Waals surface area (Å²) >= 11 is 0. The van der Waals surface area contributed by atoms with E-state index in [1.54, 1.807) is 36.3 Å². The lowest BCUT2D eigenvalue weighted by Gasteiger charge is -2.74. The van der Waals surface area contributed by atoms with Gasteiger partial charge >= 0.3 is 0 Å². The molecule has 0 saturated carbocycles. The second-order valence-corrected chi connectivity index (χ2v) is 11.6. The summed E-state index contributed by atoms with van der Waals surface area (Å²) in [5.41, 5.74) is 1.51. The Hall–Kier alpha value is -2.90. The minimum atomic E-state index is -0.185. The number of likely N-dealkylation sites (N-methyl/N-ethyl adjacent to an activating group) is 1. The molecule has 2 amide bonds. The Balaban J connectivity index is 1.28. The number of rotatable bonds is 6. The summed E-state index contributed by atoms with van der Waals surface area (Å²) in [7, 11) is 3.87. The van der Waals surface area contributed by atoms with E-state index in [2.05, 4.69) is 32.7 Å². The predicted molar refractivity (Wildman–Crippen MR) is 146 cm³/mol. The fraction of sp³-hybridized carbons (Fsp3) is 0.533. The molecule has 4 fully saturated rings. The summed E-state index contributed by atoms with van der Waals surface area (Å²) in [5.74, 6) is 0.519. The number of likely N-dealkylation sites (tertiary alicyclic amines) is 1. The SMILES string of the molecule is COc1ccc(C(=O)N(CC(=O)N2CCC([N+]34CC(N(C)CC3C)C4(C)C)CC2)c2ccccc2)cc1. The Morgan fingerprint density at radius 1 is 1.05 bits per heavy atom. The number of anilines is 1. The number of ether oxygens (including phenoxy) is 1. The lowest BCUT2D eigenvalue weighted by Crippen LogP contribution is -2.92. The average Bonchev–Trinajstić information content (AvgIpc) is 2.91. The van der Waals surface area contributed by atoms with Crippen LogP contribution < -0.4 is 9.64 Å². The molecule has 6 rings (SSSR count). The lowest BCUT2D eigenvalue weighted by molar-refractivity contribution is -1.06. The van der Waals surface area contributed by atoms with Crippen molar-refractivity contribution in [3.05, 3.63) is 60.2 Å². The molecular formula is C30H41N4O3+. The van der Waals surface area contributed by atoms with Gasteiger partial charge in [0, 0.05) is 37.2 Å². The number of methoxy groups -OCH3 is 1. The number of piperidine rings is 1. The maximum atomic E-state index is 13.5. The molecule has 4 heterocycles. The maximum absolute atomic E-state index is 13.5. The number of carbonyl (C=O) groups excluding carboxylic acids is 2. The topological polar surface area (TPSA) is 53.1 Å². The van der Waals surface area contributed by atoms with E-state index < -0.39 is 0 Å². The van der Waals surface area contributed by atoms with Crippen LogP contribution in [-0.4, -0.2) is 96.6 Å². The fourth-order valence-corrected chi connectivity index (χ4v) is 7.59. The molecule has 3 atom stereocenters. The largest absolute Gasteiger partial charge is 0.497 e. The summed E-state index contributed by atoms with van der Waals surface area (Å²) in [6.07, 6.45) is 2.04. The Morgan fingerprint density at radius 3 is 2.27 bits per heavy atom. The highest BCUT2D eigenvalue weighted by molar-refractivity contribution is 6.08. The highest BCUT2D eigenvalue weighted by Crippen LogP contribution is 2.51. The number of quaternary nitrogens is 1. The molecule has 2 aromatic carbocycles. The van der Waals surface area contributed by atoms with E-state index in [1.807, 2.05) is 35.2 Å². The number of hydrogen-bond donors (Lipinski definition) is 0. The van der Waals surface area contributed by atoms with Crippen LogP contribution in [0.5, 0.6) is 5.75 Å². The minimum absolute atomic E-state index is 0.0105. The van der Waals surface area contributed by atoms with Crippen molar-refractivity contribution in [3.63, 3.8) is 0 Å². The average molecular weight is 506 g/mol. The Labute approximate surface area is 221 Å². The zero-order valence-corrected chi connectivity index (χ0v) is 22.9. The zero-order chi connectivity index (χ0) is 26.4. The number of piperazine rings is 2. The Kier molecular flexibility index (Phi) is 6.79. The van der Waals surface area contributed by atoms with E-state index >= 15 is 0 Å². The number of amides is 2. The zero-order valence-electron chi connectivity index (χ0n) is 22.9. The van der Waals surface area contributed by atoms with Gasteiger partial charge < -0.3 is 14.1 Å². The maximum Gasteiger partial charge on any atom is 0.258 e. The van der Waals surface area contributed by atoms with Gasteiger partial charge in [0.05, 0.1) is 25.7 Å². The molecule has 0 radical (unpaired) electrons. The monoisotopic (exact) mass is 505 g/mol. The highest BCUT2D eigenvalue weighted by atomic mass is 16.5. The van der Waals surface area contributed by atoms with Gasteiger partial charge in [0.25, 0.3) is 5.91 Å². The van der Waals surface area contributed by atoms with E-state index in [0.717, 1.165) is 38.2 Å². The number of hydrogen-bond acceptors (Lipinski definition) is 4. The first kappa shape index (κ1) is 25.7. The van der Waals surface area contributed by atoms with Crippen LogP contribution in [0, 0.1) is 0 Å². The third-order valence-corrected chi connectivity index (χ3v) is 9.65. The fourth-order valence-electron chi connectivity index (χ4n) is 7.59. The van der Waals surface area contributed by atoms with Crippen LogP contribution in [-0.2, 0) is 4.79 Å². The smallest absolute Gasteiger partial charge is 0.258 e. The predicted octanol–water partition coefficient (Wildman–Crippen LogP) is 3.64. The van der Waals surface area contributed by atoms with Gasteiger partial charge in [-0.3, -0.25) is 19.4 Å². The second-order valence-electron chi connectivity index (χ2n) is 11.6. The summed E-state index contributed by atoms with van der Waals surface area (Å²) in [6.45, 7) is 11.2. The quantitative estimate of drug-likeness (QED) is 0.563. The summed E-state index contributed by atoms with van der Waals surface area (Å²) in [4.78, 5) is 33.2. The molecule has 4 aliphatic rings. The number of benzene rings is 2. The van der Waals surface area contributed by atoms with Crippen LogP contribution in [0.4, 0.5) is 5.69 Å². The van der Waals surface area contributed by atoms with Crippen molar-refractivity contribution in [1.29, 1.82) is 0 Å². The van der Waals surface area contributed by atoms with Crippen LogP contribution in [0.3, 0.4) is 0 Å². The van der Waals surface area contributed by atoms with Crippen molar-refractivity contribution in [1.82, 2.24) is 9.80 Å². The van der Waals surface area contributed by atoms with E-state index in [1.165, 1.54) is 11.0 Å². The second kappa shape index (κ2) is 9.76. The van der Waals surface area contributed by atoms with Gasteiger partial charge in [-0.15, -0.1) is 0 Å². The number of nitrogens with zero attached hydrogens (tertiary/aromatic N) is 4. The molecule has 2 aromatic rings. The molecule has 7 heteroatoms. The van der Waals surface area contributed by atoms with E-state index in [4.69, 9.17) is 4.74 Å². The number of fused-ring (bicyclic) bond motifs is 2. The van der Waals surface area contributed by atoms with Crippen molar-refractivity contribution >= 4 is 17.5 Å².